The minimum Gasteiger partial charge on any atom is -0.339 e. The van der Waals surface area contributed by atoms with E-state index in [0.717, 1.165) is 32.9 Å². The summed E-state index contributed by atoms with van der Waals surface area (Å²) in [4.78, 5) is 23.6. The summed E-state index contributed by atoms with van der Waals surface area (Å²) < 4.78 is 0. The largest absolute Gasteiger partial charge is 0.339 e. The molecule has 3 heterocycles. The topological polar surface area (TPSA) is 70.7 Å². The van der Waals surface area contributed by atoms with E-state index in [9.17, 15) is 4.79 Å². The van der Waals surface area contributed by atoms with Crippen molar-refractivity contribution in [2.45, 2.75) is 13.8 Å². The lowest BCUT2D eigenvalue weighted by molar-refractivity contribution is -0.114. The van der Waals surface area contributed by atoms with Gasteiger partial charge in [0.1, 0.15) is 11.5 Å². The number of nitrogens with one attached hydrogen (secondary N) is 2. The van der Waals surface area contributed by atoms with Crippen LogP contribution in [0.25, 0.3) is 33.0 Å². The number of hydrogen-bond acceptors (Lipinski definition) is 3. The molecule has 22 heavy (non-hydrogen) atoms. The molecule has 0 fully saturated rings. The first-order valence-corrected chi connectivity index (χ1v) is 7.09. The first-order chi connectivity index (χ1) is 10.6. The van der Waals surface area contributed by atoms with E-state index in [2.05, 4.69) is 33.3 Å². The zero-order chi connectivity index (χ0) is 15.3. The fourth-order valence-electron chi connectivity index (χ4n) is 2.91. The molecule has 2 N–H and O–H groups in total. The maximum atomic E-state index is 11.2. The SMILES string of the molecule is CC(=O)Nc1ccc2c(C)c3c(nc2n1)[nH]c1ccccc13. The molecule has 5 heteroatoms. The average Bonchev–Trinajstić information content (AvgIpc) is 2.84. The van der Waals surface area contributed by atoms with Gasteiger partial charge in [-0.3, -0.25) is 4.79 Å². The Balaban J connectivity index is 2.07. The van der Waals surface area contributed by atoms with Crippen molar-refractivity contribution >= 4 is 44.7 Å². The van der Waals surface area contributed by atoms with Crippen LogP contribution < -0.4 is 5.32 Å². The number of H-pyrrole nitrogens is 1. The number of nitrogens with zero attached hydrogens (tertiary/aromatic N) is 2. The van der Waals surface area contributed by atoms with Crippen LogP contribution in [-0.2, 0) is 4.79 Å². The molecule has 0 atom stereocenters. The number of benzene rings is 1. The predicted molar refractivity (Wildman–Crippen MR) is 87.9 cm³/mol. The van der Waals surface area contributed by atoms with Crippen molar-refractivity contribution in [2.24, 2.45) is 0 Å². The highest BCUT2D eigenvalue weighted by Gasteiger charge is 2.12. The molecule has 108 valence electrons. The number of fused-ring (bicyclic) bond motifs is 4. The molecule has 0 aliphatic heterocycles. The Kier molecular flexibility index (Phi) is 2.63. The Morgan fingerprint density at radius 2 is 1.91 bits per heavy atom. The van der Waals surface area contributed by atoms with E-state index in [1.54, 1.807) is 6.07 Å². The summed E-state index contributed by atoms with van der Waals surface area (Å²) >= 11 is 0. The zero-order valence-electron chi connectivity index (χ0n) is 12.3. The smallest absolute Gasteiger partial charge is 0.222 e. The molecule has 1 aromatic carbocycles. The van der Waals surface area contributed by atoms with Crippen LogP contribution in [0.2, 0.25) is 0 Å². The second-order valence-corrected chi connectivity index (χ2v) is 5.38. The maximum absolute atomic E-state index is 11.2. The van der Waals surface area contributed by atoms with Crippen molar-refractivity contribution in [3.63, 3.8) is 0 Å². The van der Waals surface area contributed by atoms with Crippen LogP contribution in [0.3, 0.4) is 0 Å². The summed E-state index contributed by atoms with van der Waals surface area (Å²) in [5, 5.41) is 5.97. The first kappa shape index (κ1) is 12.8. The van der Waals surface area contributed by atoms with Crippen molar-refractivity contribution in [1.82, 2.24) is 15.0 Å². The number of pyridine rings is 2. The highest BCUT2D eigenvalue weighted by Crippen LogP contribution is 2.31. The summed E-state index contributed by atoms with van der Waals surface area (Å²) in [7, 11) is 0. The van der Waals surface area contributed by atoms with E-state index in [0.29, 0.717) is 11.5 Å². The molecular formula is C17H14N4O. The van der Waals surface area contributed by atoms with Gasteiger partial charge < -0.3 is 10.3 Å². The van der Waals surface area contributed by atoms with Crippen LogP contribution in [0.5, 0.6) is 0 Å². The quantitative estimate of drug-likeness (QED) is 0.563. The molecule has 0 aliphatic carbocycles. The fourth-order valence-corrected chi connectivity index (χ4v) is 2.91. The Hall–Kier alpha value is -2.95. The molecule has 4 rings (SSSR count). The number of hydrogen-bond donors (Lipinski definition) is 2. The lowest BCUT2D eigenvalue weighted by Crippen LogP contribution is -2.07. The molecule has 0 radical (unpaired) electrons. The van der Waals surface area contributed by atoms with Crippen LogP contribution >= 0.6 is 0 Å². The molecule has 5 nitrogen and oxygen atoms in total. The van der Waals surface area contributed by atoms with Crippen molar-refractivity contribution < 1.29 is 4.79 Å². The first-order valence-electron chi connectivity index (χ1n) is 7.09. The maximum Gasteiger partial charge on any atom is 0.222 e. The van der Waals surface area contributed by atoms with Gasteiger partial charge in [0.05, 0.1) is 0 Å². The lowest BCUT2D eigenvalue weighted by Gasteiger charge is -2.06. The normalized spacial score (nSPS) is 11.4. The summed E-state index contributed by atoms with van der Waals surface area (Å²) in [6.45, 7) is 3.54. The van der Waals surface area contributed by atoms with Gasteiger partial charge in [-0.15, -0.1) is 0 Å². The van der Waals surface area contributed by atoms with Gasteiger partial charge in [0.2, 0.25) is 5.91 Å². The monoisotopic (exact) mass is 290 g/mol. The number of rotatable bonds is 1. The molecule has 0 unspecified atom stereocenters. The minimum atomic E-state index is -0.143. The molecule has 0 spiro atoms. The molecule has 1 amide bonds. The van der Waals surface area contributed by atoms with Gasteiger partial charge in [-0.1, -0.05) is 18.2 Å². The molecule has 0 bridgehead atoms. The van der Waals surface area contributed by atoms with Gasteiger partial charge in [0, 0.05) is 28.6 Å². The number of para-hydroxylation sites is 1. The van der Waals surface area contributed by atoms with Crippen LogP contribution in [0.1, 0.15) is 12.5 Å². The molecule has 0 saturated heterocycles. The van der Waals surface area contributed by atoms with Gasteiger partial charge in [0.15, 0.2) is 5.65 Å². The minimum absolute atomic E-state index is 0.143. The Morgan fingerprint density at radius 3 is 2.73 bits per heavy atom. The van der Waals surface area contributed by atoms with Crippen molar-refractivity contribution in [1.29, 1.82) is 0 Å². The van der Waals surface area contributed by atoms with Gasteiger partial charge in [-0.25, -0.2) is 9.97 Å². The van der Waals surface area contributed by atoms with Gasteiger partial charge >= 0.3 is 0 Å². The molecule has 4 aromatic rings. The summed E-state index contributed by atoms with van der Waals surface area (Å²) in [6.07, 6.45) is 0. The second kappa shape index (κ2) is 4.53. The van der Waals surface area contributed by atoms with E-state index >= 15 is 0 Å². The van der Waals surface area contributed by atoms with Crippen molar-refractivity contribution in [2.75, 3.05) is 5.32 Å². The van der Waals surface area contributed by atoms with E-state index in [4.69, 9.17) is 0 Å². The Morgan fingerprint density at radius 1 is 1.09 bits per heavy atom. The van der Waals surface area contributed by atoms with Crippen LogP contribution in [0, 0.1) is 6.92 Å². The fraction of sp³-hybridized carbons (Fsp3) is 0.118. The number of carbonyl (C=O) groups excluding carboxylic acids is 1. The number of aryl methyl sites for hydroxylation is 1. The third-order valence-corrected chi connectivity index (χ3v) is 3.86. The Labute approximate surface area is 126 Å². The summed E-state index contributed by atoms with van der Waals surface area (Å²) in [5.74, 6) is 0.373. The highest BCUT2D eigenvalue weighted by molar-refractivity contribution is 6.11. The number of aromatic nitrogens is 3. The molecular weight excluding hydrogens is 276 g/mol. The predicted octanol–water partition coefficient (Wildman–Crippen LogP) is 3.53. The molecule has 3 aromatic heterocycles. The summed E-state index contributed by atoms with van der Waals surface area (Å²) in [5.41, 5.74) is 3.64. The number of amides is 1. The van der Waals surface area contributed by atoms with Crippen molar-refractivity contribution in [3.05, 3.63) is 42.0 Å². The highest BCUT2D eigenvalue weighted by atomic mass is 16.1. The molecule has 0 aliphatic rings. The van der Waals surface area contributed by atoms with Gasteiger partial charge in [0.25, 0.3) is 0 Å². The number of carbonyl (C=O) groups is 1. The van der Waals surface area contributed by atoms with Crippen LogP contribution in [-0.4, -0.2) is 20.9 Å². The van der Waals surface area contributed by atoms with Gasteiger partial charge in [-0.05, 0) is 30.7 Å². The van der Waals surface area contributed by atoms with Gasteiger partial charge in [-0.2, -0.15) is 0 Å². The van der Waals surface area contributed by atoms with Crippen LogP contribution in [0.4, 0.5) is 5.82 Å². The standard InChI is InChI=1S/C17H14N4O/c1-9-11-7-8-14(18-10(2)22)20-16(11)21-17-15(9)12-5-3-4-6-13(12)19-17/h3-8H,1-2H3,(H2,18,19,20,21,22). The van der Waals surface area contributed by atoms with Crippen molar-refractivity contribution in [3.8, 4) is 0 Å². The van der Waals surface area contributed by atoms with E-state index < -0.39 is 0 Å². The number of aromatic amines is 1. The van der Waals surface area contributed by atoms with Crippen LogP contribution in [0.15, 0.2) is 36.4 Å². The van der Waals surface area contributed by atoms with E-state index in [1.165, 1.54) is 6.92 Å². The average molecular weight is 290 g/mol. The third-order valence-electron chi connectivity index (χ3n) is 3.86. The molecule has 0 saturated carbocycles. The Bertz CT molecular complexity index is 1050. The van der Waals surface area contributed by atoms with E-state index in [1.807, 2.05) is 24.3 Å². The lowest BCUT2D eigenvalue weighted by atomic mass is 10.1. The van der Waals surface area contributed by atoms with E-state index in [-0.39, 0.29) is 5.91 Å². The number of anilines is 1. The zero-order valence-corrected chi connectivity index (χ0v) is 12.3. The summed E-state index contributed by atoms with van der Waals surface area (Å²) in [6, 6.07) is 11.9. The second-order valence-electron chi connectivity index (χ2n) is 5.38. The third kappa shape index (κ3) is 1.83.